The molecule has 0 aromatic heterocycles. The van der Waals surface area contributed by atoms with Gasteiger partial charge in [0.05, 0.1) is 5.56 Å². The maximum absolute atomic E-state index is 12.7. The molecule has 0 aliphatic heterocycles. The van der Waals surface area contributed by atoms with Gasteiger partial charge in [0.15, 0.2) is 6.10 Å². The third kappa shape index (κ3) is 6.51. The van der Waals surface area contributed by atoms with Crippen molar-refractivity contribution in [2.24, 2.45) is 0 Å². The fourth-order valence-electron chi connectivity index (χ4n) is 3.39. The number of fused-ring (bicyclic) bond motifs is 1. The SMILES string of the molecule is CC(Oc1ccc2ccccc2c1)C(=O)NNC(=O)c1ccccc1OCCOc1ccccc1. The average molecular weight is 471 g/mol. The van der Waals surface area contributed by atoms with Gasteiger partial charge in [0, 0.05) is 0 Å². The molecule has 178 valence electrons. The minimum absolute atomic E-state index is 0.252. The molecule has 0 heterocycles. The number of nitrogens with one attached hydrogen (secondary N) is 2. The first-order valence-electron chi connectivity index (χ1n) is 11.3. The van der Waals surface area contributed by atoms with Crippen LogP contribution >= 0.6 is 0 Å². The van der Waals surface area contributed by atoms with Crippen molar-refractivity contribution >= 4 is 22.6 Å². The van der Waals surface area contributed by atoms with E-state index >= 15 is 0 Å². The first kappa shape index (κ1) is 23.6. The van der Waals surface area contributed by atoms with Gasteiger partial charge in [-0.05, 0) is 54.1 Å². The van der Waals surface area contributed by atoms with Gasteiger partial charge in [0.25, 0.3) is 11.8 Å². The molecule has 1 atom stereocenters. The second kappa shape index (κ2) is 11.6. The van der Waals surface area contributed by atoms with Gasteiger partial charge >= 0.3 is 0 Å². The number of carbonyl (C=O) groups excluding carboxylic acids is 2. The molecule has 4 aromatic carbocycles. The van der Waals surface area contributed by atoms with Crippen molar-refractivity contribution in [3.63, 3.8) is 0 Å². The summed E-state index contributed by atoms with van der Waals surface area (Å²) in [5.41, 5.74) is 5.12. The second-order valence-electron chi connectivity index (χ2n) is 7.72. The molecule has 4 aromatic rings. The minimum Gasteiger partial charge on any atom is -0.490 e. The molecule has 0 spiro atoms. The van der Waals surface area contributed by atoms with Crippen molar-refractivity contribution in [3.05, 3.63) is 103 Å². The Balaban J connectivity index is 1.27. The van der Waals surface area contributed by atoms with Crippen molar-refractivity contribution in [1.29, 1.82) is 0 Å². The summed E-state index contributed by atoms with van der Waals surface area (Å²) in [6.07, 6.45) is -0.821. The van der Waals surface area contributed by atoms with Gasteiger partial charge in [0.2, 0.25) is 0 Å². The van der Waals surface area contributed by atoms with E-state index in [1.807, 2.05) is 66.7 Å². The smallest absolute Gasteiger partial charge is 0.279 e. The third-order valence-corrected chi connectivity index (χ3v) is 5.19. The molecular formula is C28H26N2O5. The van der Waals surface area contributed by atoms with E-state index in [-0.39, 0.29) is 12.2 Å². The van der Waals surface area contributed by atoms with Crippen LogP contribution in [0.2, 0.25) is 0 Å². The summed E-state index contributed by atoms with van der Waals surface area (Å²) in [7, 11) is 0. The van der Waals surface area contributed by atoms with E-state index in [9.17, 15) is 9.59 Å². The van der Waals surface area contributed by atoms with Crippen LogP contribution in [0, 0.1) is 0 Å². The molecule has 0 aliphatic rings. The summed E-state index contributed by atoms with van der Waals surface area (Å²) >= 11 is 0. The molecule has 0 saturated heterocycles. The van der Waals surface area contributed by atoms with Crippen LogP contribution in [-0.2, 0) is 4.79 Å². The topological polar surface area (TPSA) is 85.9 Å². The predicted molar refractivity (Wildman–Crippen MR) is 134 cm³/mol. The van der Waals surface area contributed by atoms with E-state index in [1.165, 1.54) is 0 Å². The van der Waals surface area contributed by atoms with Crippen molar-refractivity contribution in [2.75, 3.05) is 13.2 Å². The maximum atomic E-state index is 12.7. The lowest BCUT2D eigenvalue weighted by Crippen LogP contribution is -2.47. The lowest BCUT2D eigenvalue weighted by atomic mass is 10.1. The highest BCUT2D eigenvalue weighted by molar-refractivity contribution is 5.98. The van der Waals surface area contributed by atoms with E-state index in [0.717, 1.165) is 16.5 Å². The Morgan fingerprint density at radius 3 is 2.23 bits per heavy atom. The summed E-state index contributed by atoms with van der Waals surface area (Å²) < 4.78 is 17.1. The molecule has 0 fully saturated rings. The summed E-state index contributed by atoms with van der Waals surface area (Å²) in [6, 6.07) is 29.7. The van der Waals surface area contributed by atoms with Crippen molar-refractivity contribution in [2.45, 2.75) is 13.0 Å². The van der Waals surface area contributed by atoms with E-state index in [1.54, 1.807) is 37.3 Å². The standard InChI is InChI=1S/C28H26N2O5/c1-20(35-24-16-15-21-9-5-6-10-22(21)19-24)27(31)29-30-28(32)25-13-7-8-14-26(25)34-18-17-33-23-11-3-2-4-12-23/h2-16,19-20H,17-18H2,1H3,(H,29,31)(H,30,32). The Morgan fingerprint density at radius 1 is 0.714 bits per heavy atom. The average Bonchev–Trinajstić information content (AvgIpc) is 2.90. The number of hydrazine groups is 1. The van der Waals surface area contributed by atoms with Gasteiger partial charge in [0.1, 0.15) is 30.5 Å². The van der Waals surface area contributed by atoms with Crippen LogP contribution in [0.25, 0.3) is 10.8 Å². The van der Waals surface area contributed by atoms with Crippen LogP contribution in [-0.4, -0.2) is 31.1 Å². The molecule has 2 N–H and O–H groups in total. The summed E-state index contributed by atoms with van der Waals surface area (Å²) in [6.45, 7) is 2.18. The molecule has 7 heteroatoms. The largest absolute Gasteiger partial charge is 0.490 e. The minimum atomic E-state index is -0.821. The quantitative estimate of drug-likeness (QED) is 0.277. The fraction of sp³-hybridized carbons (Fsp3) is 0.143. The molecule has 0 saturated carbocycles. The zero-order valence-electron chi connectivity index (χ0n) is 19.3. The van der Waals surface area contributed by atoms with E-state index in [0.29, 0.717) is 18.1 Å². The fourth-order valence-corrected chi connectivity index (χ4v) is 3.39. The first-order chi connectivity index (χ1) is 17.1. The van der Waals surface area contributed by atoms with Crippen LogP contribution in [0.3, 0.4) is 0 Å². The first-order valence-corrected chi connectivity index (χ1v) is 11.3. The van der Waals surface area contributed by atoms with Gasteiger partial charge in [-0.25, -0.2) is 0 Å². The summed E-state index contributed by atoms with van der Waals surface area (Å²) in [5.74, 6) is 0.701. The molecule has 0 radical (unpaired) electrons. The molecule has 4 rings (SSSR count). The predicted octanol–water partition coefficient (Wildman–Crippen LogP) is 4.53. The molecular weight excluding hydrogens is 444 g/mol. The lowest BCUT2D eigenvalue weighted by Gasteiger charge is -2.16. The number of rotatable bonds is 9. The Kier molecular flexibility index (Phi) is 7.81. The van der Waals surface area contributed by atoms with Gasteiger partial charge in [-0.1, -0.05) is 60.7 Å². The third-order valence-electron chi connectivity index (χ3n) is 5.19. The number of hydrogen-bond donors (Lipinski definition) is 2. The number of ether oxygens (including phenoxy) is 3. The summed E-state index contributed by atoms with van der Waals surface area (Å²) in [4.78, 5) is 25.2. The highest BCUT2D eigenvalue weighted by atomic mass is 16.5. The van der Waals surface area contributed by atoms with Gasteiger partial charge in [-0.2, -0.15) is 0 Å². The van der Waals surface area contributed by atoms with Gasteiger partial charge in [-0.3, -0.25) is 20.4 Å². The van der Waals surface area contributed by atoms with E-state index in [4.69, 9.17) is 14.2 Å². The second-order valence-corrected chi connectivity index (χ2v) is 7.72. The molecule has 2 amide bonds. The molecule has 0 bridgehead atoms. The van der Waals surface area contributed by atoms with E-state index in [2.05, 4.69) is 10.9 Å². The zero-order valence-corrected chi connectivity index (χ0v) is 19.3. The van der Waals surface area contributed by atoms with Crippen LogP contribution in [0.1, 0.15) is 17.3 Å². The van der Waals surface area contributed by atoms with Gasteiger partial charge in [-0.15, -0.1) is 0 Å². The molecule has 0 aliphatic carbocycles. The maximum Gasteiger partial charge on any atom is 0.279 e. The van der Waals surface area contributed by atoms with Crippen LogP contribution in [0.5, 0.6) is 17.2 Å². The molecule has 7 nitrogen and oxygen atoms in total. The number of hydrogen-bond acceptors (Lipinski definition) is 5. The van der Waals surface area contributed by atoms with Crippen molar-refractivity contribution in [1.82, 2.24) is 10.9 Å². The summed E-state index contributed by atoms with van der Waals surface area (Å²) in [5, 5.41) is 2.09. The zero-order chi connectivity index (χ0) is 24.5. The highest BCUT2D eigenvalue weighted by Crippen LogP contribution is 2.21. The lowest BCUT2D eigenvalue weighted by molar-refractivity contribution is -0.128. The van der Waals surface area contributed by atoms with E-state index < -0.39 is 17.9 Å². The van der Waals surface area contributed by atoms with Crippen molar-refractivity contribution < 1.29 is 23.8 Å². The number of carbonyl (C=O) groups is 2. The highest BCUT2D eigenvalue weighted by Gasteiger charge is 2.18. The Labute approximate surface area is 203 Å². The molecule has 1 unspecified atom stereocenters. The number of benzene rings is 4. The van der Waals surface area contributed by atoms with Gasteiger partial charge < -0.3 is 14.2 Å². The number of amides is 2. The Bertz CT molecular complexity index is 1290. The van der Waals surface area contributed by atoms with Crippen LogP contribution in [0.15, 0.2) is 97.1 Å². The van der Waals surface area contributed by atoms with Crippen LogP contribution in [0.4, 0.5) is 0 Å². The monoisotopic (exact) mass is 470 g/mol. The van der Waals surface area contributed by atoms with Crippen LogP contribution < -0.4 is 25.1 Å². The van der Waals surface area contributed by atoms with Crippen molar-refractivity contribution in [3.8, 4) is 17.2 Å². The number of para-hydroxylation sites is 2. The molecule has 35 heavy (non-hydrogen) atoms. The normalized spacial score (nSPS) is 11.3. The Hall–Kier alpha value is -4.52. The Morgan fingerprint density at radius 2 is 1.40 bits per heavy atom.